The van der Waals surface area contributed by atoms with Crippen LogP contribution in [0.5, 0.6) is 0 Å². The molecule has 1 aromatic heterocycles. The second-order valence-corrected chi connectivity index (χ2v) is 6.47. The summed E-state index contributed by atoms with van der Waals surface area (Å²) in [6.07, 6.45) is 2.49. The lowest BCUT2D eigenvalue weighted by Crippen LogP contribution is -2.45. The Bertz CT molecular complexity index is 452. The van der Waals surface area contributed by atoms with Crippen molar-refractivity contribution in [1.82, 2.24) is 4.90 Å². The number of thiocarbonyl (C=S) groups is 1. The number of hydrogen-bond acceptors (Lipinski definition) is 3. The highest BCUT2D eigenvalue weighted by Gasteiger charge is 2.54. The van der Waals surface area contributed by atoms with E-state index in [0.29, 0.717) is 4.99 Å². The molecule has 0 radical (unpaired) electrons. The molecule has 1 aliphatic rings. The Balaban J connectivity index is 2.01. The molecular formula is C13H18N2OS2. The summed E-state index contributed by atoms with van der Waals surface area (Å²) in [7, 11) is 1.85. The van der Waals surface area contributed by atoms with Crippen LogP contribution in [0.15, 0.2) is 17.5 Å². The van der Waals surface area contributed by atoms with Gasteiger partial charge in [-0.15, -0.1) is 11.3 Å². The number of rotatable bonds is 5. The fourth-order valence-corrected chi connectivity index (χ4v) is 3.20. The van der Waals surface area contributed by atoms with Crippen LogP contribution in [-0.4, -0.2) is 28.9 Å². The Morgan fingerprint density at radius 3 is 2.78 bits per heavy atom. The molecule has 98 valence electrons. The summed E-state index contributed by atoms with van der Waals surface area (Å²) in [5, 5.41) is 2.06. The summed E-state index contributed by atoms with van der Waals surface area (Å²) in [5.74, 6) is 0.0825. The number of carbonyl (C=O) groups excluding carboxylic acids is 1. The third kappa shape index (κ3) is 2.42. The normalized spacial score (nSPS) is 18.1. The predicted octanol–water partition coefficient (Wildman–Crippen LogP) is 2.20. The highest BCUT2D eigenvalue weighted by molar-refractivity contribution is 7.80. The molecule has 5 heteroatoms. The number of nitrogens with two attached hydrogens (primary N) is 1. The van der Waals surface area contributed by atoms with Gasteiger partial charge in [0.2, 0.25) is 5.91 Å². The van der Waals surface area contributed by atoms with Crippen molar-refractivity contribution in [2.75, 3.05) is 7.05 Å². The zero-order chi connectivity index (χ0) is 13.3. The Labute approximate surface area is 117 Å². The zero-order valence-electron chi connectivity index (χ0n) is 10.7. The minimum atomic E-state index is -0.534. The van der Waals surface area contributed by atoms with Gasteiger partial charge < -0.3 is 10.6 Å². The largest absolute Gasteiger partial charge is 0.392 e. The van der Waals surface area contributed by atoms with Crippen LogP contribution in [0.1, 0.15) is 24.6 Å². The van der Waals surface area contributed by atoms with Crippen molar-refractivity contribution >= 4 is 34.5 Å². The van der Waals surface area contributed by atoms with Gasteiger partial charge in [0.1, 0.15) is 0 Å². The Morgan fingerprint density at radius 1 is 1.67 bits per heavy atom. The van der Waals surface area contributed by atoms with E-state index < -0.39 is 5.41 Å². The van der Waals surface area contributed by atoms with Crippen LogP contribution in [0, 0.1) is 5.41 Å². The molecule has 0 saturated heterocycles. The minimum Gasteiger partial charge on any atom is -0.392 e. The number of amides is 1. The van der Waals surface area contributed by atoms with Gasteiger partial charge in [0.25, 0.3) is 0 Å². The quantitative estimate of drug-likeness (QED) is 0.842. The molecule has 0 aliphatic heterocycles. The molecule has 2 N–H and O–H groups in total. The van der Waals surface area contributed by atoms with E-state index in [2.05, 4.69) is 18.4 Å². The van der Waals surface area contributed by atoms with Crippen molar-refractivity contribution in [3.05, 3.63) is 22.4 Å². The number of thiophene rings is 1. The summed E-state index contributed by atoms with van der Waals surface area (Å²) in [4.78, 5) is 15.8. The SMILES string of the molecule is CC(Cc1cccs1)N(C)C(=O)C1(C(N)=S)CC1. The molecule has 1 fully saturated rings. The van der Waals surface area contributed by atoms with Gasteiger partial charge in [-0.1, -0.05) is 18.3 Å². The topological polar surface area (TPSA) is 46.3 Å². The Kier molecular flexibility index (Phi) is 3.73. The van der Waals surface area contributed by atoms with Crippen molar-refractivity contribution in [3.63, 3.8) is 0 Å². The van der Waals surface area contributed by atoms with Crippen LogP contribution in [0.2, 0.25) is 0 Å². The molecule has 1 atom stereocenters. The Morgan fingerprint density at radius 2 is 2.33 bits per heavy atom. The number of nitrogens with zero attached hydrogens (tertiary/aromatic N) is 1. The summed E-state index contributed by atoms with van der Waals surface area (Å²) < 4.78 is 0. The Hall–Kier alpha value is -0.940. The van der Waals surface area contributed by atoms with Crippen LogP contribution in [-0.2, 0) is 11.2 Å². The maximum absolute atomic E-state index is 12.4. The van der Waals surface area contributed by atoms with Crippen molar-refractivity contribution < 1.29 is 4.79 Å². The molecule has 0 aromatic carbocycles. The highest BCUT2D eigenvalue weighted by atomic mass is 32.1. The van der Waals surface area contributed by atoms with Crippen molar-refractivity contribution in [1.29, 1.82) is 0 Å². The standard InChI is InChI=1S/C13H18N2OS2/c1-9(8-10-4-3-7-18-10)15(2)12(16)13(5-6-13)11(14)17/h3-4,7,9H,5-6,8H2,1-2H3,(H2,14,17). The zero-order valence-corrected chi connectivity index (χ0v) is 12.3. The van der Waals surface area contributed by atoms with E-state index >= 15 is 0 Å². The second kappa shape index (κ2) is 4.97. The van der Waals surface area contributed by atoms with Gasteiger partial charge in [0.05, 0.1) is 10.4 Å². The molecule has 1 aromatic rings. The van der Waals surface area contributed by atoms with Gasteiger partial charge >= 0.3 is 0 Å². The van der Waals surface area contributed by atoms with Crippen LogP contribution in [0.3, 0.4) is 0 Å². The first kappa shape index (κ1) is 13.5. The first-order valence-electron chi connectivity index (χ1n) is 6.07. The van der Waals surface area contributed by atoms with Crippen molar-refractivity contribution in [2.45, 2.75) is 32.2 Å². The molecule has 0 bridgehead atoms. The summed E-state index contributed by atoms with van der Waals surface area (Å²) in [6, 6.07) is 4.30. The molecule has 1 saturated carbocycles. The monoisotopic (exact) mass is 282 g/mol. The molecular weight excluding hydrogens is 264 g/mol. The van der Waals surface area contributed by atoms with E-state index in [1.54, 1.807) is 16.2 Å². The van der Waals surface area contributed by atoms with E-state index in [1.807, 2.05) is 13.1 Å². The van der Waals surface area contributed by atoms with Gasteiger partial charge in [-0.05, 0) is 31.2 Å². The van der Waals surface area contributed by atoms with E-state index in [4.69, 9.17) is 18.0 Å². The molecule has 2 rings (SSSR count). The maximum atomic E-state index is 12.4. The van der Waals surface area contributed by atoms with Gasteiger partial charge in [-0.25, -0.2) is 0 Å². The van der Waals surface area contributed by atoms with Crippen LogP contribution in [0.4, 0.5) is 0 Å². The summed E-state index contributed by atoms with van der Waals surface area (Å²) >= 11 is 6.75. The van der Waals surface area contributed by atoms with Crippen molar-refractivity contribution in [3.8, 4) is 0 Å². The number of carbonyl (C=O) groups is 1. The van der Waals surface area contributed by atoms with E-state index in [0.717, 1.165) is 19.3 Å². The fraction of sp³-hybridized carbons (Fsp3) is 0.538. The van der Waals surface area contributed by atoms with Crippen LogP contribution < -0.4 is 5.73 Å². The third-order valence-electron chi connectivity index (χ3n) is 3.69. The number of likely N-dealkylation sites (N-methyl/N-ethyl adjacent to an activating group) is 1. The third-order valence-corrected chi connectivity index (χ3v) is 4.98. The average molecular weight is 282 g/mol. The van der Waals surface area contributed by atoms with E-state index in [-0.39, 0.29) is 11.9 Å². The smallest absolute Gasteiger partial charge is 0.235 e. The second-order valence-electron chi connectivity index (χ2n) is 4.99. The lowest BCUT2D eigenvalue weighted by atomic mass is 10.0. The molecule has 1 heterocycles. The van der Waals surface area contributed by atoms with E-state index in [9.17, 15) is 4.79 Å². The molecule has 0 spiro atoms. The lowest BCUT2D eigenvalue weighted by Gasteiger charge is -2.28. The first-order chi connectivity index (χ1) is 8.47. The molecule has 18 heavy (non-hydrogen) atoms. The maximum Gasteiger partial charge on any atom is 0.235 e. The molecule has 3 nitrogen and oxygen atoms in total. The van der Waals surface area contributed by atoms with Gasteiger partial charge in [-0.2, -0.15) is 0 Å². The highest BCUT2D eigenvalue weighted by Crippen LogP contribution is 2.47. The first-order valence-corrected chi connectivity index (χ1v) is 7.36. The minimum absolute atomic E-state index is 0.0825. The summed E-state index contributed by atoms with van der Waals surface area (Å²) in [5.41, 5.74) is 5.16. The van der Waals surface area contributed by atoms with Gasteiger partial charge in [0.15, 0.2) is 0 Å². The summed E-state index contributed by atoms with van der Waals surface area (Å²) in [6.45, 7) is 2.06. The van der Waals surface area contributed by atoms with Gasteiger partial charge in [-0.3, -0.25) is 4.79 Å². The van der Waals surface area contributed by atoms with E-state index in [1.165, 1.54) is 4.88 Å². The van der Waals surface area contributed by atoms with Gasteiger partial charge in [0, 0.05) is 24.4 Å². The predicted molar refractivity (Wildman–Crippen MR) is 78.7 cm³/mol. The molecule has 1 aliphatic carbocycles. The van der Waals surface area contributed by atoms with Crippen molar-refractivity contribution in [2.24, 2.45) is 11.1 Å². The van der Waals surface area contributed by atoms with Crippen LogP contribution >= 0.6 is 23.6 Å². The molecule has 1 amide bonds. The molecule has 1 unspecified atom stereocenters. The fourth-order valence-electron chi connectivity index (χ4n) is 2.09. The average Bonchev–Trinajstić information content (AvgIpc) is 3.01. The van der Waals surface area contributed by atoms with Crippen LogP contribution in [0.25, 0.3) is 0 Å². The lowest BCUT2D eigenvalue weighted by molar-refractivity contribution is -0.134. The number of hydrogen-bond donors (Lipinski definition) is 1.